The minimum Gasteiger partial charge on any atom is -0.378 e. The lowest BCUT2D eigenvalue weighted by Crippen LogP contribution is -3.14. The number of ether oxygens (including phenoxy) is 1. The van der Waals surface area contributed by atoms with Gasteiger partial charge in [0.2, 0.25) is 0 Å². The van der Waals surface area contributed by atoms with Crippen molar-refractivity contribution >= 4 is 28.9 Å². The number of amides is 2. The molecular weight excluding hydrogens is 392 g/mol. The molecule has 2 amide bonds. The Morgan fingerprint density at radius 1 is 1.06 bits per heavy atom. The van der Waals surface area contributed by atoms with Crippen LogP contribution in [0.25, 0.3) is 0 Å². The van der Waals surface area contributed by atoms with Crippen LogP contribution in [0.15, 0.2) is 48.5 Å². The smallest absolute Gasteiger partial charge is 0.282 e. The Hall–Kier alpha value is -2.90. The summed E-state index contributed by atoms with van der Waals surface area (Å²) in [5, 5.41) is 5.93. The van der Waals surface area contributed by atoms with Crippen LogP contribution < -0.4 is 20.4 Å². The number of nitrogens with one attached hydrogen (secondary N) is 3. The van der Waals surface area contributed by atoms with E-state index in [1.165, 1.54) is 0 Å². The Balaban J connectivity index is 1.51. The number of aryl methyl sites for hydroxylation is 1. The summed E-state index contributed by atoms with van der Waals surface area (Å²) in [4.78, 5) is 28.3. The molecule has 7 nitrogen and oxygen atoms in total. The molecule has 1 aliphatic rings. The fourth-order valence-corrected chi connectivity index (χ4v) is 3.60. The fourth-order valence-electron chi connectivity index (χ4n) is 3.60. The summed E-state index contributed by atoms with van der Waals surface area (Å²) < 4.78 is 5.39. The number of quaternary nitrogens is 1. The Bertz CT molecular complexity index is 879. The lowest BCUT2D eigenvalue weighted by atomic mass is 10.1. The zero-order valence-electron chi connectivity index (χ0n) is 18.6. The Morgan fingerprint density at radius 2 is 1.74 bits per heavy atom. The summed E-state index contributed by atoms with van der Waals surface area (Å²) in [6, 6.07) is 15.3. The summed E-state index contributed by atoms with van der Waals surface area (Å²) in [7, 11) is 1.86. The van der Waals surface area contributed by atoms with E-state index in [4.69, 9.17) is 4.74 Å². The molecule has 2 atom stereocenters. The molecule has 1 heterocycles. The third-order valence-electron chi connectivity index (χ3n) is 5.76. The van der Waals surface area contributed by atoms with Crippen LogP contribution in [-0.2, 0) is 20.7 Å². The molecule has 0 radical (unpaired) electrons. The second-order valence-electron chi connectivity index (χ2n) is 7.94. The third kappa shape index (κ3) is 6.29. The number of morpholine rings is 1. The number of hydrogen-bond donors (Lipinski definition) is 3. The van der Waals surface area contributed by atoms with Crippen LogP contribution in [0.4, 0.5) is 17.1 Å². The number of nitrogens with zero attached hydrogens (tertiary/aromatic N) is 1. The topological polar surface area (TPSA) is 75.1 Å². The summed E-state index contributed by atoms with van der Waals surface area (Å²) in [5.41, 5.74) is 3.81. The first-order chi connectivity index (χ1) is 15.0. The predicted octanol–water partition coefficient (Wildman–Crippen LogP) is 1.57. The van der Waals surface area contributed by atoms with Gasteiger partial charge < -0.3 is 25.2 Å². The van der Waals surface area contributed by atoms with E-state index in [2.05, 4.69) is 22.5 Å². The van der Waals surface area contributed by atoms with Crippen LogP contribution in [0.3, 0.4) is 0 Å². The van der Waals surface area contributed by atoms with Crippen molar-refractivity contribution in [1.82, 2.24) is 0 Å². The normalized spacial score (nSPS) is 15.8. The number of para-hydroxylation sites is 1. The van der Waals surface area contributed by atoms with Crippen molar-refractivity contribution in [3.05, 3.63) is 54.1 Å². The monoisotopic (exact) mass is 425 g/mol. The highest BCUT2D eigenvalue weighted by molar-refractivity contribution is 5.95. The van der Waals surface area contributed by atoms with Gasteiger partial charge in [-0.1, -0.05) is 25.1 Å². The summed E-state index contributed by atoms with van der Waals surface area (Å²) >= 11 is 0. The Labute approximate surface area is 184 Å². The van der Waals surface area contributed by atoms with Gasteiger partial charge in [-0.25, -0.2) is 0 Å². The number of benzene rings is 2. The summed E-state index contributed by atoms with van der Waals surface area (Å²) in [6.45, 7) is 7.33. The van der Waals surface area contributed by atoms with Crippen molar-refractivity contribution in [3.8, 4) is 0 Å². The van der Waals surface area contributed by atoms with Gasteiger partial charge >= 0.3 is 0 Å². The van der Waals surface area contributed by atoms with Crippen LogP contribution in [-0.4, -0.2) is 57.8 Å². The minimum atomic E-state index is -0.369. The van der Waals surface area contributed by atoms with E-state index >= 15 is 0 Å². The van der Waals surface area contributed by atoms with E-state index in [0.29, 0.717) is 0 Å². The standard InChI is InChI=1S/C24H32N4O3/c1-4-19-7-5-6-8-22(19)26-23(29)17-27(3)18(2)24(30)25-20-9-11-21(12-10-20)28-13-15-31-16-14-28/h5-12,18H,4,13-17H2,1-3H3,(H,25,30)(H,26,29)/p+1/t18-/m1/s1. The molecular formula is C24H33N4O3+. The van der Waals surface area contributed by atoms with Crippen molar-refractivity contribution < 1.29 is 19.2 Å². The van der Waals surface area contributed by atoms with E-state index in [-0.39, 0.29) is 24.4 Å². The first-order valence-corrected chi connectivity index (χ1v) is 10.9. The molecule has 2 aromatic carbocycles. The number of carbonyl (C=O) groups is 2. The van der Waals surface area contributed by atoms with Crippen LogP contribution in [0.5, 0.6) is 0 Å². The zero-order valence-corrected chi connectivity index (χ0v) is 18.6. The van der Waals surface area contributed by atoms with Gasteiger partial charge in [0, 0.05) is 30.2 Å². The fraction of sp³-hybridized carbons (Fsp3) is 0.417. The molecule has 166 valence electrons. The molecule has 2 aromatic rings. The molecule has 0 spiro atoms. The van der Waals surface area contributed by atoms with Gasteiger partial charge in [-0.2, -0.15) is 0 Å². The Morgan fingerprint density at radius 3 is 2.42 bits per heavy atom. The highest BCUT2D eigenvalue weighted by Gasteiger charge is 2.24. The van der Waals surface area contributed by atoms with E-state index in [0.717, 1.165) is 60.2 Å². The van der Waals surface area contributed by atoms with Crippen molar-refractivity contribution in [2.45, 2.75) is 26.3 Å². The van der Waals surface area contributed by atoms with Gasteiger partial charge in [-0.05, 0) is 49.2 Å². The van der Waals surface area contributed by atoms with Crippen LogP contribution in [0.2, 0.25) is 0 Å². The molecule has 0 bridgehead atoms. The largest absolute Gasteiger partial charge is 0.378 e. The third-order valence-corrected chi connectivity index (χ3v) is 5.76. The first kappa shape index (κ1) is 22.8. The van der Waals surface area contributed by atoms with Gasteiger partial charge in [-0.15, -0.1) is 0 Å². The molecule has 3 rings (SSSR count). The highest BCUT2D eigenvalue weighted by atomic mass is 16.5. The number of carbonyl (C=O) groups excluding carboxylic acids is 2. The zero-order chi connectivity index (χ0) is 22.2. The summed E-state index contributed by atoms with van der Waals surface area (Å²) in [6.07, 6.45) is 0.849. The first-order valence-electron chi connectivity index (χ1n) is 10.9. The molecule has 1 unspecified atom stereocenters. The molecule has 1 saturated heterocycles. The maximum Gasteiger partial charge on any atom is 0.282 e. The molecule has 1 aliphatic heterocycles. The van der Waals surface area contributed by atoms with Crippen molar-refractivity contribution in [2.24, 2.45) is 0 Å². The van der Waals surface area contributed by atoms with Crippen LogP contribution in [0, 0.1) is 0 Å². The van der Waals surface area contributed by atoms with Crippen molar-refractivity contribution in [3.63, 3.8) is 0 Å². The maximum atomic E-state index is 12.7. The van der Waals surface area contributed by atoms with Gasteiger partial charge in [-0.3, -0.25) is 9.59 Å². The number of likely N-dealkylation sites (N-methyl/N-ethyl adjacent to an activating group) is 1. The Kier molecular flexibility index (Phi) is 8.03. The number of anilines is 3. The highest BCUT2D eigenvalue weighted by Crippen LogP contribution is 2.19. The lowest BCUT2D eigenvalue weighted by molar-refractivity contribution is -0.885. The second kappa shape index (κ2) is 10.9. The summed E-state index contributed by atoms with van der Waals surface area (Å²) in [5.74, 6) is -0.216. The molecule has 0 aromatic heterocycles. The average molecular weight is 426 g/mol. The van der Waals surface area contributed by atoms with E-state index in [9.17, 15) is 9.59 Å². The quantitative estimate of drug-likeness (QED) is 0.600. The van der Waals surface area contributed by atoms with E-state index in [1.54, 1.807) is 0 Å². The van der Waals surface area contributed by atoms with Crippen LogP contribution in [0.1, 0.15) is 19.4 Å². The predicted molar refractivity (Wildman–Crippen MR) is 124 cm³/mol. The van der Waals surface area contributed by atoms with Crippen molar-refractivity contribution in [2.75, 3.05) is 55.4 Å². The van der Waals surface area contributed by atoms with Gasteiger partial charge in [0.15, 0.2) is 12.6 Å². The molecule has 3 N–H and O–H groups in total. The van der Waals surface area contributed by atoms with E-state index < -0.39 is 0 Å². The second-order valence-corrected chi connectivity index (χ2v) is 7.94. The van der Waals surface area contributed by atoms with Gasteiger partial charge in [0.25, 0.3) is 11.8 Å². The minimum absolute atomic E-state index is 0.104. The molecule has 1 fully saturated rings. The van der Waals surface area contributed by atoms with Gasteiger partial charge in [0.05, 0.1) is 20.3 Å². The average Bonchev–Trinajstić information content (AvgIpc) is 2.79. The molecule has 7 heteroatoms. The van der Waals surface area contributed by atoms with Crippen LogP contribution >= 0.6 is 0 Å². The molecule has 31 heavy (non-hydrogen) atoms. The van der Waals surface area contributed by atoms with Gasteiger partial charge in [0.1, 0.15) is 0 Å². The SMILES string of the molecule is CCc1ccccc1NC(=O)C[NH+](C)[C@H](C)C(=O)Nc1ccc(N2CCOCC2)cc1. The number of hydrogen-bond acceptors (Lipinski definition) is 4. The molecule has 0 aliphatic carbocycles. The van der Waals surface area contributed by atoms with Crippen molar-refractivity contribution in [1.29, 1.82) is 0 Å². The van der Waals surface area contributed by atoms with E-state index in [1.807, 2.05) is 62.5 Å². The number of rotatable bonds is 8. The maximum absolute atomic E-state index is 12.7. The molecule has 0 saturated carbocycles. The lowest BCUT2D eigenvalue weighted by Gasteiger charge is -2.29.